The second kappa shape index (κ2) is 5.95. The Morgan fingerprint density at radius 1 is 1.14 bits per heavy atom. The number of para-hydroxylation sites is 1. The largest absolute Gasteiger partial charge is 0.384 e. The summed E-state index contributed by atoms with van der Waals surface area (Å²) in [6, 6.07) is 12.3. The van der Waals surface area contributed by atoms with Gasteiger partial charge in [-0.1, -0.05) is 18.2 Å². The van der Waals surface area contributed by atoms with Gasteiger partial charge in [-0.2, -0.15) is 0 Å². The number of nitrogens with one attached hydrogen (secondary N) is 1. The standard InChI is InChI=1S/C17H20N4/c1-3-21-16(20-15-9-6-11-19-17(15)21)10-12-18-14-8-5-4-7-13(14)2/h4-9,11,18H,3,10,12H2,1-2H3. The molecule has 0 aliphatic heterocycles. The van der Waals surface area contributed by atoms with Crippen molar-refractivity contribution in [3.63, 3.8) is 0 Å². The summed E-state index contributed by atoms with van der Waals surface area (Å²) in [6.07, 6.45) is 2.71. The summed E-state index contributed by atoms with van der Waals surface area (Å²) < 4.78 is 2.19. The second-order valence-corrected chi connectivity index (χ2v) is 5.11. The van der Waals surface area contributed by atoms with Gasteiger partial charge in [0.05, 0.1) is 0 Å². The van der Waals surface area contributed by atoms with E-state index in [4.69, 9.17) is 4.98 Å². The summed E-state index contributed by atoms with van der Waals surface area (Å²) in [7, 11) is 0. The van der Waals surface area contributed by atoms with Crippen LogP contribution in [0.3, 0.4) is 0 Å². The highest BCUT2D eigenvalue weighted by molar-refractivity contribution is 5.71. The first-order valence-electron chi connectivity index (χ1n) is 7.39. The van der Waals surface area contributed by atoms with Crippen molar-refractivity contribution in [1.82, 2.24) is 14.5 Å². The molecule has 4 heteroatoms. The van der Waals surface area contributed by atoms with Gasteiger partial charge in [-0.05, 0) is 37.6 Å². The third kappa shape index (κ3) is 2.75. The summed E-state index contributed by atoms with van der Waals surface area (Å²) in [5.41, 5.74) is 4.41. The number of anilines is 1. The fourth-order valence-electron chi connectivity index (χ4n) is 2.61. The maximum atomic E-state index is 4.70. The van der Waals surface area contributed by atoms with Crippen LogP contribution in [0, 0.1) is 6.92 Å². The second-order valence-electron chi connectivity index (χ2n) is 5.11. The van der Waals surface area contributed by atoms with E-state index in [-0.39, 0.29) is 0 Å². The summed E-state index contributed by atoms with van der Waals surface area (Å²) >= 11 is 0. The molecule has 21 heavy (non-hydrogen) atoms. The zero-order valence-corrected chi connectivity index (χ0v) is 12.5. The molecule has 0 amide bonds. The average molecular weight is 280 g/mol. The number of pyridine rings is 1. The van der Waals surface area contributed by atoms with Crippen molar-refractivity contribution >= 4 is 16.9 Å². The number of benzene rings is 1. The number of aryl methyl sites for hydroxylation is 2. The minimum absolute atomic E-state index is 0.869. The zero-order chi connectivity index (χ0) is 14.7. The van der Waals surface area contributed by atoms with Crippen LogP contribution in [0.5, 0.6) is 0 Å². The fraction of sp³-hybridized carbons (Fsp3) is 0.294. The monoisotopic (exact) mass is 280 g/mol. The predicted octanol–water partition coefficient (Wildman–Crippen LogP) is 3.41. The highest BCUT2D eigenvalue weighted by Crippen LogP contribution is 2.15. The summed E-state index contributed by atoms with van der Waals surface area (Å²) in [5.74, 6) is 1.09. The number of rotatable bonds is 5. The topological polar surface area (TPSA) is 42.7 Å². The molecule has 3 rings (SSSR count). The van der Waals surface area contributed by atoms with Crippen LogP contribution in [0.25, 0.3) is 11.2 Å². The van der Waals surface area contributed by atoms with Crippen molar-refractivity contribution in [1.29, 1.82) is 0 Å². The summed E-state index contributed by atoms with van der Waals surface area (Å²) in [6.45, 7) is 6.02. The lowest BCUT2D eigenvalue weighted by molar-refractivity contribution is 0.711. The van der Waals surface area contributed by atoms with Crippen LogP contribution in [0.4, 0.5) is 5.69 Å². The Morgan fingerprint density at radius 3 is 2.81 bits per heavy atom. The Bertz CT molecular complexity index is 745. The molecule has 2 heterocycles. The molecule has 108 valence electrons. The summed E-state index contributed by atoms with van der Waals surface area (Å²) in [4.78, 5) is 9.13. The van der Waals surface area contributed by atoms with Crippen molar-refractivity contribution < 1.29 is 0 Å². The Labute approximate surface area is 124 Å². The molecule has 3 aromatic rings. The molecular formula is C17H20N4. The number of imidazole rings is 1. The highest BCUT2D eigenvalue weighted by atomic mass is 15.1. The fourth-order valence-corrected chi connectivity index (χ4v) is 2.61. The minimum Gasteiger partial charge on any atom is -0.384 e. The quantitative estimate of drug-likeness (QED) is 0.778. The Morgan fingerprint density at radius 2 is 2.00 bits per heavy atom. The number of fused-ring (bicyclic) bond motifs is 1. The van der Waals surface area contributed by atoms with E-state index < -0.39 is 0 Å². The van der Waals surface area contributed by atoms with Gasteiger partial charge in [-0.25, -0.2) is 9.97 Å². The van der Waals surface area contributed by atoms with Crippen LogP contribution in [0.15, 0.2) is 42.6 Å². The lowest BCUT2D eigenvalue weighted by Crippen LogP contribution is -2.10. The molecule has 0 atom stereocenters. The predicted molar refractivity (Wildman–Crippen MR) is 86.6 cm³/mol. The molecule has 1 N–H and O–H groups in total. The van der Waals surface area contributed by atoms with Crippen LogP contribution < -0.4 is 5.32 Å². The van der Waals surface area contributed by atoms with Gasteiger partial charge >= 0.3 is 0 Å². The van der Waals surface area contributed by atoms with E-state index in [1.807, 2.05) is 18.3 Å². The van der Waals surface area contributed by atoms with Crippen molar-refractivity contribution in [2.24, 2.45) is 0 Å². The Kier molecular flexibility index (Phi) is 3.86. The van der Waals surface area contributed by atoms with Crippen molar-refractivity contribution in [3.8, 4) is 0 Å². The van der Waals surface area contributed by atoms with Gasteiger partial charge < -0.3 is 9.88 Å². The number of hydrogen-bond acceptors (Lipinski definition) is 3. The van der Waals surface area contributed by atoms with Gasteiger partial charge in [-0.15, -0.1) is 0 Å². The third-order valence-electron chi connectivity index (χ3n) is 3.71. The number of hydrogen-bond donors (Lipinski definition) is 1. The maximum Gasteiger partial charge on any atom is 0.159 e. The average Bonchev–Trinajstić information content (AvgIpc) is 2.86. The van der Waals surface area contributed by atoms with Gasteiger partial charge in [0.15, 0.2) is 5.65 Å². The molecule has 4 nitrogen and oxygen atoms in total. The molecule has 0 spiro atoms. The normalized spacial score (nSPS) is 11.0. The van der Waals surface area contributed by atoms with E-state index in [2.05, 4.69) is 53.0 Å². The lowest BCUT2D eigenvalue weighted by atomic mass is 10.2. The van der Waals surface area contributed by atoms with E-state index in [1.54, 1.807) is 0 Å². The van der Waals surface area contributed by atoms with E-state index >= 15 is 0 Å². The van der Waals surface area contributed by atoms with Crippen LogP contribution in [0.2, 0.25) is 0 Å². The van der Waals surface area contributed by atoms with Crippen molar-refractivity contribution in [2.45, 2.75) is 26.8 Å². The summed E-state index contributed by atoms with van der Waals surface area (Å²) in [5, 5.41) is 3.48. The van der Waals surface area contributed by atoms with Gasteiger partial charge in [-0.3, -0.25) is 0 Å². The molecule has 2 aromatic heterocycles. The molecule has 1 aromatic carbocycles. The highest BCUT2D eigenvalue weighted by Gasteiger charge is 2.09. The van der Waals surface area contributed by atoms with E-state index in [1.165, 1.54) is 11.3 Å². The first-order chi connectivity index (χ1) is 10.3. The Balaban J connectivity index is 1.75. The minimum atomic E-state index is 0.869. The van der Waals surface area contributed by atoms with Crippen LogP contribution in [-0.4, -0.2) is 21.1 Å². The van der Waals surface area contributed by atoms with E-state index in [9.17, 15) is 0 Å². The number of nitrogens with zero attached hydrogens (tertiary/aromatic N) is 3. The first-order valence-corrected chi connectivity index (χ1v) is 7.39. The van der Waals surface area contributed by atoms with Gasteiger partial charge in [0.1, 0.15) is 11.3 Å². The molecule has 0 bridgehead atoms. The van der Waals surface area contributed by atoms with Gasteiger partial charge in [0.2, 0.25) is 0 Å². The molecular weight excluding hydrogens is 260 g/mol. The molecule has 0 aliphatic rings. The zero-order valence-electron chi connectivity index (χ0n) is 12.5. The van der Waals surface area contributed by atoms with Crippen LogP contribution in [0.1, 0.15) is 18.3 Å². The lowest BCUT2D eigenvalue weighted by Gasteiger charge is -2.09. The SMILES string of the molecule is CCn1c(CCNc2ccccc2C)nc2cccnc21. The molecule has 0 unspecified atom stereocenters. The molecule has 0 fully saturated rings. The van der Waals surface area contributed by atoms with Gasteiger partial charge in [0.25, 0.3) is 0 Å². The van der Waals surface area contributed by atoms with Crippen molar-refractivity contribution in [2.75, 3.05) is 11.9 Å². The van der Waals surface area contributed by atoms with E-state index in [0.717, 1.165) is 36.5 Å². The van der Waals surface area contributed by atoms with Crippen LogP contribution in [-0.2, 0) is 13.0 Å². The van der Waals surface area contributed by atoms with Gasteiger partial charge in [0, 0.05) is 31.4 Å². The number of aromatic nitrogens is 3. The van der Waals surface area contributed by atoms with E-state index in [0.29, 0.717) is 0 Å². The smallest absolute Gasteiger partial charge is 0.159 e. The molecule has 0 saturated carbocycles. The van der Waals surface area contributed by atoms with Crippen molar-refractivity contribution in [3.05, 3.63) is 54.0 Å². The molecule has 0 radical (unpaired) electrons. The maximum absolute atomic E-state index is 4.70. The molecule has 0 aliphatic carbocycles. The third-order valence-corrected chi connectivity index (χ3v) is 3.71. The van der Waals surface area contributed by atoms with Crippen LogP contribution >= 0.6 is 0 Å². The Hall–Kier alpha value is -2.36. The first kappa shape index (κ1) is 13.6. The molecule has 0 saturated heterocycles.